The molecule has 0 aromatic carbocycles. The highest BCUT2D eigenvalue weighted by Crippen LogP contribution is 2.11. The molecular weight excluding hydrogens is 194 g/mol. The molecule has 0 radical (unpaired) electrons. The fourth-order valence-electron chi connectivity index (χ4n) is 0.878. The van der Waals surface area contributed by atoms with Crippen LogP contribution in [0.15, 0.2) is 0 Å². The second kappa shape index (κ2) is 4.50. The van der Waals surface area contributed by atoms with E-state index >= 15 is 0 Å². The van der Waals surface area contributed by atoms with Crippen LogP contribution < -0.4 is 5.73 Å². The predicted molar refractivity (Wildman–Crippen MR) is 48.0 cm³/mol. The van der Waals surface area contributed by atoms with Crippen LogP contribution in [0.3, 0.4) is 0 Å². The number of carbonyl (C=O) groups excluding carboxylic acids is 1. The van der Waals surface area contributed by atoms with Crippen molar-refractivity contribution in [1.29, 1.82) is 0 Å². The van der Waals surface area contributed by atoms with Crippen LogP contribution in [-0.2, 0) is 19.0 Å². The topological polar surface area (TPSA) is 70.8 Å². The van der Waals surface area contributed by atoms with Crippen LogP contribution in [0.2, 0.25) is 0 Å². The van der Waals surface area contributed by atoms with Crippen LogP contribution in [-0.4, -0.2) is 36.6 Å². The second-order valence-electron chi connectivity index (χ2n) is 2.59. The fraction of sp³-hybridized carbons (Fsp3) is 0.714. The molecule has 1 rings (SSSR count). The number of thiocarbonyl (C=S) groups is 1. The fourth-order valence-corrected chi connectivity index (χ4v) is 1.00. The highest BCUT2D eigenvalue weighted by atomic mass is 32.1. The summed E-state index contributed by atoms with van der Waals surface area (Å²) in [5, 5.41) is 0. The summed E-state index contributed by atoms with van der Waals surface area (Å²) in [6, 6.07) is 0. The lowest BCUT2D eigenvalue weighted by Crippen LogP contribution is -2.29. The lowest BCUT2D eigenvalue weighted by atomic mass is 10.4. The number of rotatable bonds is 3. The maximum atomic E-state index is 10.4. The number of esters is 1. The molecule has 2 atom stereocenters. The molecule has 0 aliphatic carbocycles. The molecule has 0 saturated carbocycles. The maximum Gasteiger partial charge on any atom is 0.302 e. The Hall–Kier alpha value is -0.720. The van der Waals surface area contributed by atoms with Crippen LogP contribution >= 0.6 is 12.2 Å². The van der Waals surface area contributed by atoms with Gasteiger partial charge in [-0.1, -0.05) is 12.2 Å². The molecule has 0 unspecified atom stereocenters. The highest BCUT2D eigenvalue weighted by Gasteiger charge is 2.28. The van der Waals surface area contributed by atoms with E-state index in [4.69, 9.17) is 27.4 Å². The summed E-state index contributed by atoms with van der Waals surface area (Å²) in [6.07, 6.45) is -0.911. The number of hydrogen-bond acceptors (Lipinski definition) is 5. The van der Waals surface area contributed by atoms with Crippen LogP contribution in [0.4, 0.5) is 0 Å². The quantitative estimate of drug-likeness (QED) is 0.498. The first kappa shape index (κ1) is 10.4. The summed E-state index contributed by atoms with van der Waals surface area (Å²) in [7, 11) is 0. The van der Waals surface area contributed by atoms with Crippen molar-refractivity contribution in [2.45, 2.75) is 19.3 Å². The zero-order chi connectivity index (χ0) is 9.84. The minimum atomic E-state index is -0.546. The number of nitrogens with two attached hydrogens (primary N) is 1. The summed E-state index contributed by atoms with van der Waals surface area (Å²) in [6.45, 7) is 1.72. The lowest BCUT2D eigenvalue weighted by Gasteiger charge is -2.09. The molecule has 1 aliphatic heterocycles. The normalized spacial score (nSPS) is 27.2. The minimum Gasteiger partial charge on any atom is -0.460 e. The van der Waals surface area contributed by atoms with Crippen molar-refractivity contribution in [3.05, 3.63) is 0 Å². The van der Waals surface area contributed by atoms with E-state index in [9.17, 15) is 4.79 Å². The van der Waals surface area contributed by atoms with E-state index in [0.29, 0.717) is 6.61 Å². The third kappa shape index (κ3) is 3.25. The van der Waals surface area contributed by atoms with Crippen LogP contribution in [0.5, 0.6) is 0 Å². The highest BCUT2D eigenvalue weighted by molar-refractivity contribution is 7.80. The minimum absolute atomic E-state index is 0.0778. The first-order chi connectivity index (χ1) is 6.09. The van der Waals surface area contributed by atoms with Gasteiger partial charge in [-0.25, -0.2) is 0 Å². The van der Waals surface area contributed by atoms with Crippen molar-refractivity contribution in [3.8, 4) is 0 Å². The molecule has 0 aromatic heterocycles. The Bertz CT molecular complexity index is 221. The second-order valence-corrected chi connectivity index (χ2v) is 3.06. The van der Waals surface area contributed by atoms with Gasteiger partial charge in [0.2, 0.25) is 0 Å². The van der Waals surface area contributed by atoms with Crippen LogP contribution in [0.25, 0.3) is 0 Å². The van der Waals surface area contributed by atoms with E-state index in [0.717, 1.165) is 0 Å². The Balaban J connectivity index is 2.25. The molecule has 5 nitrogen and oxygen atoms in total. The molecule has 74 valence electrons. The van der Waals surface area contributed by atoms with E-state index < -0.39 is 6.29 Å². The summed E-state index contributed by atoms with van der Waals surface area (Å²) in [5.74, 6) is -0.369. The molecule has 13 heavy (non-hydrogen) atoms. The van der Waals surface area contributed by atoms with Gasteiger partial charge in [-0.15, -0.1) is 0 Å². The number of ether oxygens (including phenoxy) is 3. The van der Waals surface area contributed by atoms with Crippen LogP contribution in [0, 0.1) is 0 Å². The summed E-state index contributed by atoms with van der Waals surface area (Å²) >= 11 is 4.71. The first-order valence-corrected chi connectivity index (χ1v) is 4.20. The Labute approximate surface area is 81.1 Å². The molecule has 0 amide bonds. The van der Waals surface area contributed by atoms with Crippen molar-refractivity contribution < 1.29 is 19.0 Å². The molecule has 0 spiro atoms. The zero-order valence-corrected chi connectivity index (χ0v) is 8.00. The first-order valence-electron chi connectivity index (χ1n) is 3.79. The van der Waals surface area contributed by atoms with E-state index in [1.54, 1.807) is 0 Å². The van der Waals surface area contributed by atoms with E-state index in [1.807, 2.05) is 0 Å². The molecule has 1 fully saturated rings. The van der Waals surface area contributed by atoms with Gasteiger partial charge in [-0.05, 0) is 0 Å². The van der Waals surface area contributed by atoms with Gasteiger partial charge < -0.3 is 19.9 Å². The standard InChI is InChI=1S/C7H11NO4S/c1-4(9)10-3-6-11-2-5(12-6)7(8)13/h5-6H,2-3H2,1H3,(H2,8,13)/t5-,6+/m0/s1. The van der Waals surface area contributed by atoms with Crippen molar-refractivity contribution in [3.63, 3.8) is 0 Å². The number of hydrogen-bond donors (Lipinski definition) is 1. The molecule has 1 saturated heterocycles. The summed E-state index contributed by atoms with van der Waals surface area (Å²) < 4.78 is 15.0. The van der Waals surface area contributed by atoms with Crippen molar-refractivity contribution in [2.24, 2.45) is 5.73 Å². The van der Waals surface area contributed by atoms with Gasteiger partial charge in [0.25, 0.3) is 0 Å². The van der Waals surface area contributed by atoms with Gasteiger partial charge in [0.05, 0.1) is 6.61 Å². The Morgan fingerprint density at radius 3 is 2.92 bits per heavy atom. The van der Waals surface area contributed by atoms with Gasteiger partial charge in [-0.3, -0.25) is 4.79 Å². The zero-order valence-electron chi connectivity index (χ0n) is 7.19. The third-order valence-electron chi connectivity index (χ3n) is 1.49. The van der Waals surface area contributed by atoms with Gasteiger partial charge in [0.1, 0.15) is 17.7 Å². The average molecular weight is 205 g/mol. The Kier molecular flexibility index (Phi) is 3.58. The largest absolute Gasteiger partial charge is 0.460 e. The van der Waals surface area contributed by atoms with Gasteiger partial charge >= 0.3 is 5.97 Å². The van der Waals surface area contributed by atoms with Gasteiger partial charge in [-0.2, -0.15) is 0 Å². The van der Waals surface area contributed by atoms with Crippen LogP contribution in [0.1, 0.15) is 6.92 Å². The molecule has 0 aromatic rings. The number of carbonyl (C=O) groups is 1. The summed E-state index contributed by atoms with van der Waals surface area (Å²) in [5.41, 5.74) is 5.33. The SMILES string of the molecule is CC(=O)OC[C@@H]1OC[C@@H](C(N)=S)O1. The molecule has 1 aliphatic rings. The Morgan fingerprint density at radius 1 is 1.77 bits per heavy atom. The molecular formula is C7H11NO4S. The van der Waals surface area contributed by atoms with Crippen molar-refractivity contribution in [2.75, 3.05) is 13.2 Å². The summed E-state index contributed by atoms with van der Waals surface area (Å²) in [4.78, 5) is 10.7. The van der Waals surface area contributed by atoms with Crippen molar-refractivity contribution in [1.82, 2.24) is 0 Å². The van der Waals surface area contributed by atoms with Gasteiger partial charge in [0.15, 0.2) is 6.29 Å². The average Bonchev–Trinajstić information content (AvgIpc) is 2.48. The molecule has 0 bridgehead atoms. The third-order valence-corrected chi connectivity index (χ3v) is 1.75. The maximum absolute atomic E-state index is 10.4. The lowest BCUT2D eigenvalue weighted by molar-refractivity contribution is -0.153. The molecule has 2 N–H and O–H groups in total. The van der Waals surface area contributed by atoms with E-state index in [2.05, 4.69) is 4.74 Å². The smallest absolute Gasteiger partial charge is 0.302 e. The van der Waals surface area contributed by atoms with E-state index in [-0.39, 0.29) is 23.7 Å². The Morgan fingerprint density at radius 2 is 2.46 bits per heavy atom. The van der Waals surface area contributed by atoms with E-state index in [1.165, 1.54) is 6.92 Å². The monoisotopic (exact) mass is 205 g/mol. The predicted octanol–water partition coefficient (Wildman–Crippen LogP) is -0.423. The molecule has 1 heterocycles. The molecule has 6 heteroatoms. The van der Waals surface area contributed by atoms with Crippen molar-refractivity contribution >= 4 is 23.2 Å². The van der Waals surface area contributed by atoms with Gasteiger partial charge in [0, 0.05) is 6.92 Å².